The third-order valence-corrected chi connectivity index (χ3v) is 7.15. The summed E-state index contributed by atoms with van der Waals surface area (Å²) in [6.07, 6.45) is -3.38. The van der Waals surface area contributed by atoms with Gasteiger partial charge in [-0.25, -0.2) is 9.37 Å². The third-order valence-electron chi connectivity index (χ3n) is 6.84. The minimum atomic E-state index is -4.61. The molecule has 1 atom stereocenters. The molecule has 5 rings (SSSR count). The summed E-state index contributed by atoms with van der Waals surface area (Å²) in [7, 11) is 0. The number of alkyl halides is 3. The number of aromatic amines is 1. The number of benzene rings is 3. The topological polar surface area (TPSA) is 49.0 Å². The lowest BCUT2D eigenvalue weighted by Crippen LogP contribution is -2.43. The Morgan fingerprint density at radius 3 is 2.58 bits per heavy atom. The van der Waals surface area contributed by atoms with E-state index in [1.54, 1.807) is 35.2 Å². The number of halogens is 5. The first-order valence-corrected chi connectivity index (χ1v) is 11.8. The van der Waals surface area contributed by atoms with Crippen LogP contribution in [0.15, 0.2) is 54.6 Å². The van der Waals surface area contributed by atoms with Crippen molar-refractivity contribution < 1.29 is 22.4 Å². The first-order chi connectivity index (χ1) is 17.0. The summed E-state index contributed by atoms with van der Waals surface area (Å²) in [4.78, 5) is 23.1. The van der Waals surface area contributed by atoms with Crippen molar-refractivity contribution >= 4 is 28.5 Å². The molecule has 3 aromatic carbocycles. The fraction of sp³-hybridized carbons (Fsp3) is 0.259. The summed E-state index contributed by atoms with van der Waals surface area (Å²) in [6, 6.07) is 13.7. The van der Waals surface area contributed by atoms with Crippen molar-refractivity contribution in [1.29, 1.82) is 0 Å². The summed E-state index contributed by atoms with van der Waals surface area (Å²) in [5, 5.41) is -0.427. The number of H-pyrrole nitrogens is 1. The van der Waals surface area contributed by atoms with Crippen molar-refractivity contribution in [2.24, 2.45) is 0 Å². The number of carbonyl (C=O) groups excluding carboxylic acids is 1. The molecule has 2 heterocycles. The van der Waals surface area contributed by atoms with Crippen LogP contribution < -0.4 is 0 Å². The molecule has 1 saturated heterocycles. The highest BCUT2D eigenvalue weighted by molar-refractivity contribution is 6.32. The fourth-order valence-corrected chi connectivity index (χ4v) is 5.20. The number of rotatable bonds is 3. The van der Waals surface area contributed by atoms with Crippen LogP contribution in [-0.2, 0) is 11.7 Å². The van der Waals surface area contributed by atoms with Crippen LogP contribution in [-0.4, -0.2) is 27.3 Å². The lowest BCUT2D eigenvalue weighted by Gasteiger charge is -2.34. The Morgan fingerprint density at radius 2 is 1.86 bits per heavy atom. The maximum absolute atomic E-state index is 14.7. The summed E-state index contributed by atoms with van der Waals surface area (Å²) in [5.41, 5.74) is 0.592. The van der Waals surface area contributed by atoms with Crippen LogP contribution in [0.3, 0.4) is 0 Å². The van der Waals surface area contributed by atoms with Gasteiger partial charge in [-0.3, -0.25) is 4.79 Å². The van der Waals surface area contributed by atoms with Gasteiger partial charge in [-0.2, -0.15) is 13.2 Å². The van der Waals surface area contributed by atoms with Crippen LogP contribution in [0, 0.1) is 12.7 Å². The molecule has 0 unspecified atom stereocenters. The normalized spacial score (nSPS) is 18.2. The Balaban J connectivity index is 1.58. The van der Waals surface area contributed by atoms with Gasteiger partial charge in [0.15, 0.2) is 0 Å². The van der Waals surface area contributed by atoms with E-state index >= 15 is 0 Å². The molecule has 0 radical (unpaired) electrons. The monoisotopic (exact) mass is 515 g/mol. The van der Waals surface area contributed by atoms with Crippen molar-refractivity contribution in [2.75, 3.05) is 6.54 Å². The van der Waals surface area contributed by atoms with E-state index in [1.807, 2.05) is 19.9 Å². The molecular formula is C27H22ClF4N3O. The number of nitrogens with one attached hydrogen (secondary N) is 1. The van der Waals surface area contributed by atoms with Crippen molar-refractivity contribution in [3.05, 3.63) is 88.0 Å². The molecule has 1 fully saturated rings. The zero-order valence-electron chi connectivity index (χ0n) is 19.5. The average molecular weight is 516 g/mol. The number of hydrogen-bond acceptors (Lipinski definition) is 2. The molecule has 0 aliphatic carbocycles. The lowest BCUT2D eigenvalue weighted by molar-refractivity contribution is -0.137. The Morgan fingerprint density at radius 1 is 1.11 bits per heavy atom. The number of fused-ring (bicyclic) bond motifs is 1. The van der Waals surface area contributed by atoms with Gasteiger partial charge in [0.1, 0.15) is 11.6 Å². The summed E-state index contributed by atoms with van der Waals surface area (Å²) in [5.74, 6) is -0.362. The Labute approximate surface area is 209 Å². The molecule has 36 heavy (non-hydrogen) atoms. The number of likely N-dealkylation sites (tertiary alicyclic amines) is 1. The van der Waals surface area contributed by atoms with E-state index in [-0.39, 0.29) is 11.4 Å². The molecule has 1 aliphatic heterocycles. The number of carbonyl (C=O) groups is 1. The van der Waals surface area contributed by atoms with Crippen LogP contribution in [0.5, 0.6) is 0 Å². The number of hydrogen-bond donors (Lipinski definition) is 1. The number of aromatic nitrogens is 2. The minimum absolute atomic E-state index is 0.116. The van der Waals surface area contributed by atoms with Crippen molar-refractivity contribution in [3.63, 3.8) is 0 Å². The van der Waals surface area contributed by atoms with Gasteiger partial charge < -0.3 is 9.88 Å². The van der Waals surface area contributed by atoms with Crippen LogP contribution in [0.1, 0.15) is 47.1 Å². The highest BCUT2D eigenvalue weighted by Crippen LogP contribution is 2.42. The lowest BCUT2D eigenvalue weighted by atomic mass is 9.93. The largest absolute Gasteiger partial charge is 0.417 e. The Hall–Kier alpha value is -3.39. The molecule has 1 amide bonds. The number of amides is 1. The second-order valence-electron chi connectivity index (χ2n) is 9.30. The van der Waals surface area contributed by atoms with Crippen molar-refractivity contribution in [3.8, 4) is 11.1 Å². The molecule has 9 heteroatoms. The van der Waals surface area contributed by atoms with Gasteiger partial charge in [0.2, 0.25) is 0 Å². The molecule has 0 saturated carbocycles. The van der Waals surface area contributed by atoms with Gasteiger partial charge in [-0.15, -0.1) is 0 Å². The predicted molar refractivity (Wildman–Crippen MR) is 130 cm³/mol. The van der Waals surface area contributed by atoms with E-state index in [4.69, 9.17) is 11.6 Å². The molecule has 4 aromatic rings. The smallest absolute Gasteiger partial charge is 0.340 e. The quantitative estimate of drug-likeness (QED) is 0.287. The van der Waals surface area contributed by atoms with E-state index in [1.165, 1.54) is 12.1 Å². The highest BCUT2D eigenvalue weighted by atomic mass is 35.5. The van der Waals surface area contributed by atoms with Crippen LogP contribution in [0.25, 0.3) is 22.2 Å². The average Bonchev–Trinajstić information content (AvgIpc) is 3.42. The number of nitrogens with zero attached hydrogens (tertiary/aromatic N) is 2. The van der Waals surface area contributed by atoms with E-state index in [2.05, 4.69) is 9.97 Å². The molecule has 4 nitrogen and oxygen atoms in total. The standard InChI is InChI=1S/C27H22ClF4N3O/c1-15-8-9-16(17-6-3-4-7-21(17)29)18(12-15)24(36)35-11-5-10-26(35,2)25-33-22-13-19(27(30,31)32)20(28)14-23(22)34-25/h3-4,6-9,12-14H,5,10-11H2,1-2H3,(H,33,34)/t26-/m0/s1. The van der Waals surface area contributed by atoms with Gasteiger partial charge in [0.05, 0.1) is 27.2 Å². The van der Waals surface area contributed by atoms with Crippen molar-refractivity contribution in [2.45, 2.75) is 38.4 Å². The van der Waals surface area contributed by atoms with E-state index in [9.17, 15) is 22.4 Å². The van der Waals surface area contributed by atoms with Gasteiger partial charge in [-0.05, 0) is 56.5 Å². The molecule has 186 valence electrons. The van der Waals surface area contributed by atoms with Crippen LogP contribution >= 0.6 is 11.6 Å². The zero-order valence-corrected chi connectivity index (χ0v) is 20.3. The zero-order chi connectivity index (χ0) is 25.8. The predicted octanol–water partition coefficient (Wildman–Crippen LogP) is 7.50. The van der Waals surface area contributed by atoms with Gasteiger partial charge in [0, 0.05) is 17.7 Å². The summed E-state index contributed by atoms with van der Waals surface area (Å²) >= 11 is 5.89. The second kappa shape index (κ2) is 8.62. The van der Waals surface area contributed by atoms with E-state index in [0.717, 1.165) is 11.6 Å². The number of imidazole rings is 1. The molecule has 1 N–H and O–H groups in total. The van der Waals surface area contributed by atoms with Crippen LogP contribution in [0.4, 0.5) is 17.6 Å². The van der Waals surface area contributed by atoms with Crippen LogP contribution in [0.2, 0.25) is 5.02 Å². The maximum Gasteiger partial charge on any atom is 0.417 e. The molecule has 1 aliphatic rings. The van der Waals surface area contributed by atoms with E-state index in [0.29, 0.717) is 47.4 Å². The summed E-state index contributed by atoms with van der Waals surface area (Å²) < 4.78 is 54.7. The van der Waals surface area contributed by atoms with Crippen molar-refractivity contribution in [1.82, 2.24) is 14.9 Å². The molecule has 1 aromatic heterocycles. The second-order valence-corrected chi connectivity index (χ2v) is 9.70. The first kappa shape index (κ1) is 24.3. The molecule has 0 bridgehead atoms. The first-order valence-electron chi connectivity index (χ1n) is 11.4. The third kappa shape index (κ3) is 4.03. The molecule has 0 spiro atoms. The maximum atomic E-state index is 14.7. The van der Waals surface area contributed by atoms with Gasteiger partial charge in [-0.1, -0.05) is 47.5 Å². The van der Waals surface area contributed by atoms with E-state index < -0.39 is 28.1 Å². The Kier molecular flexibility index (Phi) is 5.82. The SMILES string of the molecule is Cc1ccc(-c2ccccc2F)c(C(=O)N2CCC[C@@]2(C)c2nc3cc(C(F)(F)F)c(Cl)cc3[nH]2)c1. The van der Waals surface area contributed by atoms with Gasteiger partial charge in [0.25, 0.3) is 5.91 Å². The summed E-state index contributed by atoms with van der Waals surface area (Å²) in [6.45, 7) is 4.11. The molecular weight excluding hydrogens is 494 g/mol. The highest BCUT2D eigenvalue weighted by Gasteiger charge is 2.44. The minimum Gasteiger partial charge on any atom is -0.340 e. The Bertz CT molecular complexity index is 1500. The number of aryl methyl sites for hydroxylation is 1. The van der Waals surface area contributed by atoms with Gasteiger partial charge >= 0.3 is 6.18 Å². The fourth-order valence-electron chi connectivity index (χ4n) is 4.93.